The van der Waals surface area contributed by atoms with E-state index in [1.165, 1.54) is 36.9 Å². The third-order valence-corrected chi connectivity index (χ3v) is 6.04. The van der Waals surface area contributed by atoms with E-state index in [1.54, 1.807) is 4.90 Å². The number of ether oxygens (including phenoxy) is 4. The maximum Gasteiger partial charge on any atom is 0.410 e. The lowest BCUT2D eigenvalue weighted by Gasteiger charge is -2.37. The Morgan fingerprint density at radius 2 is 1.85 bits per heavy atom. The van der Waals surface area contributed by atoms with Crippen molar-refractivity contribution >= 4 is 28.6 Å². The van der Waals surface area contributed by atoms with E-state index in [0.717, 1.165) is 6.42 Å². The number of pyridine rings is 1. The first-order valence-corrected chi connectivity index (χ1v) is 12.7. The zero-order valence-electron chi connectivity index (χ0n) is 23.1. The van der Waals surface area contributed by atoms with Crippen LogP contribution in [0.15, 0.2) is 23.0 Å². The van der Waals surface area contributed by atoms with E-state index in [1.807, 2.05) is 27.7 Å². The maximum absolute atomic E-state index is 12.8. The van der Waals surface area contributed by atoms with Gasteiger partial charge in [-0.1, -0.05) is 6.92 Å². The molecule has 0 radical (unpaired) electrons. The molecule has 0 unspecified atom stereocenters. The lowest BCUT2D eigenvalue weighted by Crippen LogP contribution is -2.48. The molecule has 1 aliphatic heterocycles. The smallest absolute Gasteiger partial charge is 0.410 e. The van der Waals surface area contributed by atoms with Gasteiger partial charge in [0.25, 0.3) is 17.2 Å². The average molecular weight is 549 g/mol. The number of benzene rings is 1. The molecule has 0 bridgehead atoms. The zero-order valence-corrected chi connectivity index (χ0v) is 23.1. The van der Waals surface area contributed by atoms with Crippen LogP contribution in [-0.4, -0.2) is 78.1 Å². The number of amides is 2. The molecule has 1 aromatic carbocycles. The standard InChI is InChI=1S/C26H36N4O9/c1-16-9-19(14-29(13-16)25(33)39-26(2,3)4)36-7-8-37-20-12-18(30(34)35)10-17-11-21(38-15-22(31)27-5)24(32)28(6)23(17)20/h10-12,16,19H,7-9,13-15H2,1-6H3,(H,27,31)/t16-,19+/m1/s1. The van der Waals surface area contributed by atoms with E-state index in [4.69, 9.17) is 18.9 Å². The van der Waals surface area contributed by atoms with Gasteiger partial charge in [0.1, 0.15) is 12.2 Å². The minimum Gasteiger partial charge on any atom is -0.489 e. The number of carbonyl (C=O) groups is 2. The quantitative estimate of drug-likeness (QED) is 0.283. The predicted octanol–water partition coefficient (Wildman–Crippen LogP) is 2.61. The summed E-state index contributed by atoms with van der Waals surface area (Å²) in [6.45, 7) is 8.27. The molecule has 2 atom stereocenters. The van der Waals surface area contributed by atoms with Crippen LogP contribution >= 0.6 is 0 Å². The number of likely N-dealkylation sites (tertiary alicyclic amines) is 1. The first-order valence-electron chi connectivity index (χ1n) is 12.7. The van der Waals surface area contributed by atoms with Crippen LogP contribution in [0.1, 0.15) is 34.1 Å². The zero-order chi connectivity index (χ0) is 28.9. The Bertz CT molecular complexity index is 1280. The molecule has 2 amide bonds. The number of carbonyl (C=O) groups excluding carboxylic acids is 2. The van der Waals surface area contributed by atoms with Crippen LogP contribution in [0.3, 0.4) is 0 Å². The van der Waals surface area contributed by atoms with Crippen molar-refractivity contribution in [2.75, 3.05) is 40.0 Å². The van der Waals surface area contributed by atoms with Crippen molar-refractivity contribution in [1.82, 2.24) is 14.8 Å². The van der Waals surface area contributed by atoms with Gasteiger partial charge in [0, 0.05) is 32.1 Å². The molecule has 1 saturated heterocycles. The molecule has 0 saturated carbocycles. The fourth-order valence-electron chi connectivity index (χ4n) is 4.34. The molecule has 2 heterocycles. The lowest BCUT2D eigenvalue weighted by molar-refractivity contribution is -0.384. The van der Waals surface area contributed by atoms with Crippen molar-refractivity contribution in [1.29, 1.82) is 0 Å². The number of aryl methyl sites for hydroxylation is 1. The van der Waals surface area contributed by atoms with Gasteiger partial charge in [-0.15, -0.1) is 0 Å². The number of rotatable bonds is 9. The molecule has 1 N–H and O–H groups in total. The number of fused-ring (bicyclic) bond motifs is 1. The summed E-state index contributed by atoms with van der Waals surface area (Å²) < 4.78 is 23.9. The second-order valence-corrected chi connectivity index (χ2v) is 10.5. The van der Waals surface area contributed by atoms with Gasteiger partial charge >= 0.3 is 6.09 Å². The summed E-state index contributed by atoms with van der Waals surface area (Å²) in [6.07, 6.45) is 0.143. The number of hydrogen-bond donors (Lipinski definition) is 1. The first kappa shape index (κ1) is 29.7. The van der Waals surface area contributed by atoms with Crippen LogP contribution in [0.25, 0.3) is 10.9 Å². The van der Waals surface area contributed by atoms with Crippen molar-refractivity contribution in [2.45, 2.75) is 45.8 Å². The van der Waals surface area contributed by atoms with Crippen LogP contribution in [0.2, 0.25) is 0 Å². The Morgan fingerprint density at radius 3 is 2.49 bits per heavy atom. The number of piperidine rings is 1. The number of nitro groups is 1. The molecule has 1 fully saturated rings. The molecule has 13 nitrogen and oxygen atoms in total. The molecule has 2 aromatic rings. The van der Waals surface area contributed by atoms with Crippen LogP contribution < -0.4 is 20.3 Å². The van der Waals surface area contributed by atoms with E-state index < -0.39 is 22.0 Å². The van der Waals surface area contributed by atoms with Crippen LogP contribution in [0, 0.1) is 16.0 Å². The van der Waals surface area contributed by atoms with Crippen molar-refractivity contribution < 1.29 is 33.5 Å². The second-order valence-electron chi connectivity index (χ2n) is 10.5. The highest BCUT2D eigenvalue weighted by Crippen LogP contribution is 2.32. The molecule has 0 aliphatic carbocycles. The molecule has 3 rings (SSSR count). The summed E-state index contributed by atoms with van der Waals surface area (Å²) in [5.74, 6) is -0.203. The largest absolute Gasteiger partial charge is 0.489 e. The van der Waals surface area contributed by atoms with Crippen molar-refractivity contribution in [3.8, 4) is 11.5 Å². The average Bonchev–Trinajstić information content (AvgIpc) is 2.85. The number of nitro benzene ring substituents is 1. The summed E-state index contributed by atoms with van der Waals surface area (Å²) in [5, 5.41) is 14.3. The Morgan fingerprint density at radius 1 is 1.13 bits per heavy atom. The van der Waals surface area contributed by atoms with Crippen LogP contribution in [-0.2, 0) is 21.3 Å². The van der Waals surface area contributed by atoms with Crippen molar-refractivity contribution in [3.05, 3.63) is 38.7 Å². The van der Waals surface area contributed by atoms with Gasteiger partial charge < -0.3 is 33.7 Å². The SMILES string of the molecule is CNC(=O)COc1cc2cc([N+](=O)[O-])cc(OCCO[C@H]3C[C@@H](C)CN(C(=O)OC(C)(C)C)C3)c2n(C)c1=O. The Hall–Kier alpha value is -3.87. The van der Waals surface area contributed by atoms with Gasteiger partial charge in [-0.25, -0.2) is 4.79 Å². The van der Waals surface area contributed by atoms with Gasteiger partial charge in [-0.2, -0.15) is 0 Å². The van der Waals surface area contributed by atoms with E-state index in [9.17, 15) is 24.5 Å². The topological polar surface area (TPSA) is 151 Å². The van der Waals surface area contributed by atoms with E-state index in [0.29, 0.717) is 24.0 Å². The fourth-order valence-corrected chi connectivity index (χ4v) is 4.34. The number of hydrogen-bond acceptors (Lipinski definition) is 9. The number of nitrogens with one attached hydrogen (secondary N) is 1. The highest BCUT2D eigenvalue weighted by molar-refractivity contribution is 5.88. The second kappa shape index (κ2) is 12.3. The third-order valence-electron chi connectivity index (χ3n) is 6.04. The lowest BCUT2D eigenvalue weighted by atomic mass is 9.98. The Kier molecular flexibility index (Phi) is 9.38. The van der Waals surface area contributed by atoms with Crippen molar-refractivity contribution in [3.63, 3.8) is 0 Å². The van der Waals surface area contributed by atoms with Gasteiger partial charge in [0.15, 0.2) is 18.1 Å². The van der Waals surface area contributed by atoms with E-state index >= 15 is 0 Å². The Labute approximate surface area is 226 Å². The summed E-state index contributed by atoms with van der Waals surface area (Å²) in [5.41, 5.74) is -1.02. The summed E-state index contributed by atoms with van der Waals surface area (Å²) in [7, 11) is 2.92. The Balaban J connectivity index is 1.73. The molecule has 1 aliphatic rings. The van der Waals surface area contributed by atoms with Crippen LogP contribution in [0.5, 0.6) is 11.5 Å². The first-order chi connectivity index (χ1) is 18.3. The van der Waals surface area contributed by atoms with Gasteiger partial charge in [0.2, 0.25) is 0 Å². The minimum atomic E-state index is -0.597. The minimum absolute atomic E-state index is 0.0523. The fraction of sp³-hybridized carbons (Fsp3) is 0.577. The van der Waals surface area contributed by atoms with Gasteiger partial charge in [-0.3, -0.25) is 19.7 Å². The molecule has 13 heteroatoms. The number of nitrogens with zero attached hydrogens (tertiary/aromatic N) is 3. The molecule has 214 valence electrons. The monoisotopic (exact) mass is 548 g/mol. The maximum atomic E-state index is 12.8. The number of likely N-dealkylation sites (N-methyl/N-ethyl adjacent to an activating group) is 1. The normalized spacial score (nSPS) is 17.5. The molecular weight excluding hydrogens is 512 g/mol. The van der Waals surface area contributed by atoms with E-state index in [-0.39, 0.29) is 55.1 Å². The van der Waals surface area contributed by atoms with Crippen LogP contribution in [0.4, 0.5) is 10.5 Å². The summed E-state index contributed by atoms with van der Waals surface area (Å²) >= 11 is 0. The summed E-state index contributed by atoms with van der Waals surface area (Å²) in [6, 6.07) is 3.91. The third kappa shape index (κ3) is 7.82. The number of aromatic nitrogens is 1. The van der Waals surface area contributed by atoms with Gasteiger partial charge in [-0.05, 0) is 39.2 Å². The molecule has 39 heavy (non-hydrogen) atoms. The highest BCUT2D eigenvalue weighted by atomic mass is 16.6. The molecule has 1 aromatic heterocycles. The van der Waals surface area contributed by atoms with Gasteiger partial charge in [0.05, 0.1) is 35.8 Å². The number of non-ortho nitro benzene ring substituents is 1. The highest BCUT2D eigenvalue weighted by Gasteiger charge is 2.31. The predicted molar refractivity (Wildman–Crippen MR) is 142 cm³/mol. The molecule has 0 spiro atoms. The van der Waals surface area contributed by atoms with Crippen molar-refractivity contribution in [2.24, 2.45) is 13.0 Å². The van der Waals surface area contributed by atoms with E-state index in [2.05, 4.69) is 5.32 Å². The summed E-state index contributed by atoms with van der Waals surface area (Å²) in [4.78, 5) is 49.5. The molecular formula is C26H36N4O9.